The Hall–Kier alpha value is -0.510. The van der Waals surface area contributed by atoms with Crippen LogP contribution in [0.15, 0.2) is 30.3 Å². The average molecular weight is 292 g/mol. The monoisotopic (exact) mass is 292 g/mol. The number of hydrogen-bond donors (Lipinski definition) is 1. The molecule has 20 heavy (non-hydrogen) atoms. The summed E-state index contributed by atoms with van der Waals surface area (Å²) in [4.78, 5) is 2.68. The molecule has 1 heterocycles. The Balaban J connectivity index is 2.11. The second-order valence-electron chi connectivity index (χ2n) is 6.23. The Labute approximate surface area is 128 Å². The molecule has 3 heteroatoms. The molecule has 1 aliphatic rings. The molecule has 0 aromatic heterocycles. The summed E-state index contributed by atoms with van der Waals surface area (Å²) in [6, 6.07) is 12.1. The molecular weight excluding hydrogens is 264 g/mol. The fourth-order valence-electron chi connectivity index (χ4n) is 3.11. The van der Waals surface area contributed by atoms with Crippen LogP contribution in [0.5, 0.6) is 0 Å². The number of piperazine rings is 1. The highest BCUT2D eigenvalue weighted by atomic mass is 32.2. The normalized spacial score (nSPS) is 29.3. The molecule has 1 aromatic rings. The van der Waals surface area contributed by atoms with Gasteiger partial charge in [0.2, 0.25) is 0 Å². The lowest BCUT2D eigenvalue weighted by Crippen LogP contribution is -2.62. The zero-order valence-corrected chi connectivity index (χ0v) is 14.0. The zero-order valence-electron chi connectivity index (χ0n) is 13.2. The third kappa shape index (κ3) is 3.57. The number of rotatable bonds is 5. The summed E-state index contributed by atoms with van der Waals surface area (Å²) in [5.74, 6) is 1.25. The van der Waals surface area contributed by atoms with Crippen LogP contribution in [0.4, 0.5) is 0 Å². The van der Waals surface area contributed by atoms with Gasteiger partial charge in [0.15, 0.2) is 0 Å². The Kier molecular flexibility index (Phi) is 5.53. The quantitative estimate of drug-likeness (QED) is 0.896. The summed E-state index contributed by atoms with van der Waals surface area (Å²) < 4.78 is 0. The van der Waals surface area contributed by atoms with Crippen LogP contribution in [0, 0.1) is 0 Å². The molecule has 2 nitrogen and oxygen atoms in total. The lowest BCUT2D eigenvalue weighted by atomic mass is 9.87. The van der Waals surface area contributed by atoms with Crippen molar-refractivity contribution in [3.8, 4) is 0 Å². The van der Waals surface area contributed by atoms with Gasteiger partial charge in [-0.3, -0.25) is 4.90 Å². The SMILES string of the molecule is CSCCC(C)N1CC(C)(c2ccccc2)NCC1C. The third-order valence-electron chi connectivity index (χ3n) is 4.57. The van der Waals surface area contributed by atoms with Crippen LogP contribution in [-0.2, 0) is 5.54 Å². The van der Waals surface area contributed by atoms with E-state index in [2.05, 4.69) is 67.6 Å². The van der Waals surface area contributed by atoms with Gasteiger partial charge in [0.25, 0.3) is 0 Å². The minimum Gasteiger partial charge on any atom is -0.305 e. The van der Waals surface area contributed by atoms with Crippen LogP contribution in [0.2, 0.25) is 0 Å². The van der Waals surface area contributed by atoms with Crippen LogP contribution in [0.3, 0.4) is 0 Å². The Morgan fingerprint density at radius 1 is 1.40 bits per heavy atom. The molecular formula is C17H28N2S. The molecule has 1 aromatic carbocycles. The molecule has 112 valence electrons. The smallest absolute Gasteiger partial charge is 0.0535 e. The highest BCUT2D eigenvalue weighted by Gasteiger charge is 2.36. The van der Waals surface area contributed by atoms with Gasteiger partial charge in [-0.15, -0.1) is 0 Å². The van der Waals surface area contributed by atoms with Gasteiger partial charge in [-0.25, -0.2) is 0 Å². The zero-order chi connectivity index (χ0) is 14.6. The van der Waals surface area contributed by atoms with Crippen molar-refractivity contribution in [3.05, 3.63) is 35.9 Å². The van der Waals surface area contributed by atoms with Crippen LogP contribution in [0.25, 0.3) is 0 Å². The lowest BCUT2D eigenvalue weighted by Gasteiger charge is -2.48. The first-order valence-electron chi connectivity index (χ1n) is 7.62. The van der Waals surface area contributed by atoms with Crippen molar-refractivity contribution >= 4 is 11.8 Å². The molecule has 2 rings (SSSR count). The summed E-state index contributed by atoms with van der Waals surface area (Å²) in [5, 5.41) is 3.76. The van der Waals surface area contributed by atoms with E-state index >= 15 is 0 Å². The van der Waals surface area contributed by atoms with Crippen LogP contribution < -0.4 is 5.32 Å². The number of nitrogens with zero attached hydrogens (tertiary/aromatic N) is 1. The van der Waals surface area contributed by atoms with E-state index in [1.54, 1.807) is 0 Å². The Bertz CT molecular complexity index is 409. The molecule has 1 saturated heterocycles. The molecule has 0 aliphatic carbocycles. The van der Waals surface area contributed by atoms with Crippen LogP contribution >= 0.6 is 11.8 Å². The first kappa shape index (κ1) is 15.9. The minimum atomic E-state index is 0.0708. The predicted octanol–water partition coefficient (Wildman–Crippen LogP) is 3.34. The second kappa shape index (κ2) is 6.97. The van der Waals surface area contributed by atoms with E-state index in [1.807, 2.05) is 11.8 Å². The molecule has 0 saturated carbocycles. The summed E-state index contributed by atoms with van der Waals surface area (Å²) in [6.07, 6.45) is 3.47. The van der Waals surface area contributed by atoms with Crippen molar-refractivity contribution in [2.75, 3.05) is 25.1 Å². The van der Waals surface area contributed by atoms with Crippen molar-refractivity contribution < 1.29 is 0 Å². The van der Waals surface area contributed by atoms with Gasteiger partial charge < -0.3 is 5.32 Å². The number of nitrogens with one attached hydrogen (secondary N) is 1. The molecule has 3 atom stereocenters. The van der Waals surface area contributed by atoms with Gasteiger partial charge in [0, 0.05) is 25.2 Å². The van der Waals surface area contributed by atoms with E-state index in [9.17, 15) is 0 Å². The van der Waals surface area contributed by atoms with Crippen LogP contribution in [0.1, 0.15) is 32.8 Å². The van der Waals surface area contributed by atoms with Crippen molar-refractivity contribution in [1.29, 1.82) is 0 Å². The number of hydrogen-bond acceptors (Lipinski definition) is 3. The molecule has 1 N–H and O–H groups in total. The maximum atomic E-state index is 3.76. The maximum absolute atomic E-state index is 3.76. The van der Waals surface area contributed by atoms with Gasteiger partial charge >= 0.3 is 0 Å². The first-order chi connectivity index (χ1) is 9.57. The van der Waals surface area contributed by atoms with Crippen LogP contribution in [-0.4, -0.2) is 42.1 Å². The van der Waals surface area contributed by atoms with E-state index in [0.29, 0.717) is 12.1 Å². The standard InChI is InChI=1S/C17H28N2S/c1-14(10-11-20-4)19-13-17(3,18-12-15(19)2)16-8-6-5-7-9-16/h5-9,14-15,18H,10-13H2,1-4H3. The first-order valence-corrected chi connectivity index (χ1v) is 9.01. The maximum Gasteiger partial charge on any atom is 0.0535 e. The minimum absolute atomic E-state index is 0.0708. The van der Waals surface area contributed by atoms with Crippen molar-refractivity contribution in [2.45, 2.75) is 44.8 Å². The topological polar surface area (TPSA) is 15.3 Å². The predicted molar refractivity (Wildman–Crippen MR) is 90.4 cm³/mol. The van der Waals surface area contributed by atoms with E-state index in [0.717, 1.165) is 13.1 Å². The van der Waals surface area contributed by atoms with Crippen molar-refractivity contribution in [2.24, 2.45) is 0 Å². The molecule has 1 aliphatic heterocycles. The highest BCUT2D eigenvalue weighted by molar-refractivity contribution is 7.98. The lowest BCUT2D eigenvalue weighted by molar-refractivity contribution is 0.0596. The summed E-state index contributed by atoms with van der Waals surface area (Å²) >= 11 is 1.95. The van der Waals surface area contributed by atoms with Gasteiger partial charge in [-0.1, -0.05) is 30.3 Å². The van der Waals surface area contributed by atoms with Crippen molar-refractivity contribution in [3.63, 3.8) is 0 Å². The number of benzene rings is 1. The number of thioether (sulfide) groups is 1. The van der Waals surface area contributed by atoms with Gasteiger partial charge in [0.05, 0.1) is 5.54 Å². The molecule has 0 spiro atoms. The third-order valence-corrected chi connectivity index (χ3v) is 5.21. The van der Waals surface area contributed by atoms with E-state index in [1.165, 1.54) is 17.7 Å². The van der Waals surface area contributed by atoms with E-state index < -0.39 is 0 Å². The Morgan fingerprint density at radius 3 is 2.75 bits per heavy atom. The second-order valence-corrected chi connectivity index (χ2v) is 7.22. The Morgan fingerprint density at radius 2 is 2.10 bits per heavy atom. The van der Waals surface area contributed by atoms with Crippen molar-refractivity contribution in [1.82, 2.24) is 10.2 Å². The summed E-state index contributed by atoms with van der Waals surface area (Å²) in [5.41, 5.74) is 1.47. The summed E-state index contributed by atoms with van der Waals surface area (Å²) in [6.45, 7) is 9.21. The molecule has 0 amide bonds. The largest absolute Gasteiger partial charge is 0.305 e. The fourth-order valence-corrected chi connectivity index (χ4v) is 3.69. The van der Waals surface area contributed by atoms with E-state index in [-0.39, 0.29) is 5.54 Å². The van der Waals surface area contributed by atoms with E-state index in [4.69, 9.17) is 0 Å². The highest BCUT2D eigenvalue weighted by Crippen LogP contribution is 2.28. The molecule has 1 fully saturated rings. The average Bonchev–Trinajstić information content (AvgIpc) is 2.48. The van der Waals surface area contributed by atoms with Gasteiger partial charge in [-0.2, -0.15) is 11.8 Å². The molecule has 0 radical (unpaired) electrons. The fraction of sp³-hybridized carbons (Fsp3) is 0.647. The molecule has 0 bridgehead atoms. The van der Waals surface area contributed by atoms with Gasteiger partial charge in [-0.05, 0) is 44.8 Å². The summed E-state index contributed by atoms with van der Waals surface area (Å²) in [7, 11) is 0. The van der Waals surface area contributed by atoms with Gasteiger partial charge in [0.1, 0.15) is 0 Å². The molecule has 3 unspecified atom stereocenters.